The minimum Gasteiger partial charge on any atom is -0.492 e. The Morgan fingerprint density at radius 2 is 1.67 bits per heavy atom. The summed E-state index contributed by atoms with van der Waals surface area (Å²) in [6.45, 7) is 4.37. The van der Waals surface area contributed by atoms with E-state index in [2.05, 4.69) is 4.90 Å². The van der Waals surface area contributed by atoms with Crippen molar-refractivity contribution in [2.45, 2.75) is 0 Å². The van der Waals surface area contributed by atoms with Crippen molar-refractivity contribution >= 4 is 16.9 Å². The zero-order valence-corrected chi connectivity index (χ0v) is 16.7. The molecule has 0 bridgehead atoms. The lowest BCUT2D eigenvalue weighted by molar-refractivity contribution is -0.135. The molecule has 1 amide bonds. The van der Waals surface area contributed by atoms with E-state index in [0.717, 1.165) is 30.8 Å². The Hall–Kier alpha value is -3.32. The van der Waals surface area contributed by atoms with Crippen molar-refractivity contribution in [1.82, 2.24) is 9.80 Å². The zero-order valence-electron chi connectivity index (χ0n) is 16.7. The van der Waals surface area contributed by atoms with E-state index in [1.807, 2.05) is 35.2 Å². The van der Waals surface area contributed by atoms with Crippen LogP contribution in [0.5, 0.6) is 11.5 Å². The topological polar surface area (TPSA) is 72.2 Å². The van der Waals surface area contributed by atoms with Crippen LogP contribution in [-0.2, 0) is 4.79 Å². The van der Waals surface area contributed by atoms with E-state index in [0.29, 0.717) is 31.0 Å². The number of fused-ring (bicyclic) bond motifs is 1. The Balaban J connectivity index is 1.20. The van der Waals surface area contributed by atoms with Crippen molar-refractivity contribution in [3.63, 3.8) is 0 Å². The van der Waals surface area contributed by atoms with Crippen molar-refractivity contribution < 1.29 is 18.7 Å². The highest BCUT2D eigenvalue weighted by Crippen LogP contribution is 2.19. The predicted octanol–water partition coefficient (Wildman–Crippen LogP) is 2.40. The van der Waals surface area contributed by atoms with E-state index in [1.54, 1.807) is 24.3 Å². The molecule has 7 heteroatoms. The molecule has 2 heterocycles. The lowest BCUT2D eigenvalue weighted by Crippen LogP contribution is -2.50. The van der Waals surface area contributed by atoms with Crippen molar-refractivity contribution in [2.24, 2.45) is 0 Å². The summed E-state index contributed by atoms with van der Waals surface area (Å²) in [6, 6.07) is 18.0. The highest BCUT2D eigenvalue weighted by Gasteiger charge is 2.21. The predicted molar refractivity (Wildman–Crippen MR) is 113 cm³/mol. The molecular formula is C23H24N2O5. The molecule has 1 aromatic heterocycles. The first-order chi connectivity index (χ1) is 14.7. The standard InChI is InChI=1S/C23H24N2O5/c26-22(17-29-20-8-6-18-7-9-23(27)30-21(18)16-20)25-12-10-24(11-13-25)14-15-28-19-4-2-1-3-5-19/h1-9,16H,10-15,17H2. The van der Waals surface area contributed by atoms with Gasteiger partial charge in [0, 0.05) is 50.2 Å². The number of ether oxygens (including phenoxy) is 2. The Labute approximate surface area is 174 Å². The fraction of sp³-hybridized carbons (Fsp3) is 0.304. The van der Waals surface area contributed by atoms with Gasteiger partial charge in [-0.2, -0.15) is 0 Å². The van der Waals surface area contributed by atoms with Gasteiger partial charge in [-0.25, -0.2) is 4.79 Å². The molecule has 0 spiro atoms. The van der Waals surface area contributed by atoms with Crippen molar-refractivity contribution in [3.8, 4) is 11.5 Å². The molecule has 0 radical (unpaired) electrons. The monoisotopic (exact) mass is 408 g/mol. The van der Waals surface area contributed by atoms with Gasteiger partial charge in [0.15, 0.2) is 6.61 Å². The lowest BCUT2D eigenvalue weighted by Gasteiger charge is -2.34. The summed E-state index contributed by atoms with van der Waals surface area (Å²) in [7, 11) is 0. The first kappa shape index (κ1) is 20.0. The number of benzene rings is 2. The molecule has 0 atom stereocenters. The van der Waals surface area contributed by atoms with Gasteiger partial charge < -0.3 is 18.8 Å². The van der Waals surface area contributed by atoms with Crippen LogP contribution in [0.2, 0.25) is 0 Å². The Morgan fingerprint density at radius 1 is 0.900 bits per heavy atom. The molecule has 3 aromatic rings. The third-order valence-corrected chi connectivity index (χ3v) is 5.10. The van der Waals surface area contributed by atoms with Crippen molar-refractivity contribution in [2.75, 3.05) is 45.9 Å². The van der Waals surface area contributed by atoms with E-state index in [4.69, 9.17) is 13.9 Å². The number of amides is 1. The van der Waals surface area contributed by atoms with E-state index in [1.165, 1.54) is 6.07 Å². The molecule has 0 saturated carbocycles. The lowest BCUT2D eigenvalue weighted by atomic mass is 10.2. The molecule has 2 aromatic carbocycles. The summed E-state index contributed by atoms with van der Waals surface area (Å²) in [6.07, 6.45) is 0. The summed E-state index contributed by atoms with van der Waals surface area (Å²) in [5.74, 6) is 1.32. The molecular weight excluding hydrogens is 384 g/mol. The second kappa shape index (κ2) is 9.45. The van der Waals surface area contributed by atoms with Crippen LogP contribution in [0.3, 0.4) is 0 Å². The molecule has 1 aliphatic rings. The van der Waals surface area contributed by atoms with Crippen LogP contribution in [-0.4, -0.2) is 61.6 Å². The van der Waals surface area contributed by atoms with Gasteiger partial charge in [-0.1, -0.05) is 18.2 Å². The molecule has 30 heavy (non-hydrogen) atoms. The van der Waals surface area contributed by atoms with E-state index >= 15 is 0 Å². The maximum Gasteiger partial charge on any atom is 0.336 e. The number of rotatable bonds is 7. The smallest absolute Gasteiger partial charge is 0.336 e. The Kier molecular flexibility index (Phi) is 6.29. The van der Waals surface area contributed by atoms with Gasteiger partial charge >= 0.3 is 5.63 Å². The quantitative estimate of drug-likeness (QED) is 0.559. The molecule has 0 unspecified atom stereocenters. The first-order valence-electron chi connectivity index (χ1n) is 10.0. The first-order valence-corrected chi connectivity index (χ1v) is 10.0. The van der Waals surface area contributed by atoms with Gasteiger partial charge in [-0.15, -0.1) is 0 Å². The van der Waals surface area contributed by atoms with Crippen LogP contribution >= 0.6 is 0 Å². The number of piperazine rings is 1. The third kappa shape index (κ3) is 5.18. The Bertz CT molecular complexity index is 1040. The number of carbonyl (C=O) groups excluding carboxylic acids is 1. The molecule has 1 saturated heterocycles. The maximum atomic E-state index is 12.5. The minimum absolute atomic E-state index is 0.0420. The van der Waals surface area contributed by atoms with Gasteiger partial charge in [0.1, 0.15) is 23.7 Å². The number of para-hydroxylation sites is 1. The molecule has 0 N–H and O–H groups in total. The maximum absolute atomic E-state index is 12.5. The molecule has 4 rings (SSSR count). The highest BCUT2D eigenvalue weighted by atomic mass is 16.5. The van der Waals surface area contributed by atoms with Gasteiger partial charge in [0.2, 0.25) is 0 Å². The van der Waals surface area contributed by atoms with Crippen LogP contribution in [0.4, 0.5) is 0 Å². The summed E-state index contributed by atoms with van der Waals surface area (Å²) >= 11 is 0. The highest BCUT2D eigenvalue weighted by molar-refractivity contribution is 5.79. The molecule has 1 aliphatic heterocycles. The SMILES string of the molecule is O=C(COc1ccc2ccc(=O)oc2c1)N1CCN(CCOc2ccccc2)CC1. The molecule has 156 valence electrons. The van der Waals surface area contributed by atoms with E-state index in [-0.39, 0.29) is 12.5 Å². The molecule has 7 nitrogen and oxygen atoms in total. The average Bonchev–Trinajstić information content (AvgIpc) is 2.78. The van der Waals surface area contributed by atoms with Crippen LogP contribution in [0, 0.1) is 0 Å². The normalized spacial score (nSPS) is 14.6. The van der Waals surface area contributed by atoms with Gasteiger partial charge in [0.25, 0.3) is 5.91 Å². The second-order valence-electron chi connectivity index (χ2n) is 7.13. The number of nitrogens with zero attached hydrogens (tertiary/aromatic N) is 2. The minimum atomic E-state index is -0.414. The average molecular weight is 408 g/mol. The number of carbonyl (C=O) groups is 1. The van der Waals surface area contributed by atoms with Crippen LogP contribution in [0.1, 0.15) is 0 Å². The second-order valence-corrected chi connectivity index (χ2v) is 7.13. The van der Waals surface area contributed by atoms with Crippen LogP contribution < -0.4 is 15.1 Å². The zero-order chi connectivity index (χ0) is 20.8. The van der Waals surface area contributed by atoms with Crippen molar-refractivity contribution in [3.05, 3.63) is 71.1 Å². The van der Waals surface area contributed by atoms with Crippen molar-refractivity contribution in [1.29, 1.82) is 0 Å². The summed E-state index contributed by atoms with van der Waals surface area (Å²) in [4.78, 5) is 27.9. The van der Waals surface area contributed by atoms with Crippen LogP contribution in [0.15, 0.2) is 69.9 Å². The Morgan fingerprint density at radius 3 is 2.47 bits per heavy atom. The van der Waals surface area contributed by atoms with Gasteiger partial charge in [-0.05, 0) is 30.3 Å². The summed E-state index contributed by atoms with van der Waals surface area (Å²) < 4.78 is 16.5. The summed E-state index contributed by atoms with van der Waals surface area (Å²) in [5.41, 5.74) is 0.0292. The van der Waals surface area contributed by atoms with Crippen LogP contribution in [0.25, 0.3) is 11.0 Å². The number of hydrogen-bond donors (Lipinski definition) is 0. The largest absolute Gasteiger partial charge is 0.492 e. The molecule has 0 aliphatic carbocycles. The number of hydrogen-bond acceptors (Lipinski definition) is 6. The third-order valence-electron chi connectivity index (χ3n) is 5.10. The fourth-order valence-corrected chi connectivity index (χ4v) is 3.40. The fourth-order valence-electron chi connectivity index (χ4n) is 3.40. The molecule has 1 fully saturated rings. The van der Waals surface area contributed by atoms with Gasteiger partial charge in [-0.3, -0.25) is 9.69 Å². The van der Waals surface area contributed by atoms with E-state index < -0.39 is 5.63 Å². The van der Waals surface area contributed by atoms with E-state index in [9.17, 15) is 9.59 Å². The summed E-state index contributed by atoms with van der Waals surface area (Å²) in [5, 5.41) is 0.806. The van der Waals surface area contributed by atoms with Gasteiger partial charge in [0.05, 0.1) is 0 Å².